The summed E-state index contributed by atoms with van der Waals surface area (Å²) in [6, 6.07) is 11.9. The zero-order valence-corrected chi connectivity index (χ0v) is 15.5. The van der Waals surface area contributed by atoms with Crippen molar-refractivity contribution in [1.29, 1.82) is 0 Å². The van der Waals surface area contributed by atoms with Crippen molar-refractivity contribution in [3.8, 4) is 0 Å². The average molecular weight is 375 g/mol. The fraction of sp³-hybridized carbons (Fsp3) is 0.375. The van der Waals surface area contributed by atoms with Gasteiger partial charge in [-0.25, -0.2) is 0 Å². The van der Waals surface area contributed by atoms with Gasteiger partial charge < -0.3 is 15.2 Å². The molecular weight excluding hydrogens is 351 g/mol. The van der Waals surface area contributed by atoms with Crippen LogP contribution in [0.4, 0.5) is 0 Å². The monoisotopic (exact) mass is 374 g/mol. The molecule has 0 aliphatic carbocycles. The van der Waals surface area contributed by atoms with Gasteiger partial charge in [0.2, 0.25) is 0 Å². The Bertz CT molecular complexity index is 593. The molecule has 24 heavy (non-hydrogen) atoms. The summed E-state index contributed by atoms with van der Waals surface area (Å²) in [5.74, 6) is 0.466. The number of hydrogen-bond donors (Lipinski definition) is 2. The SMILES string of the molecule is CNCCNC(=O)c1cc(CN(C)Cc2ccccc2)on1.Cl.Cl. The Kier molecular flexibility index (Phi) is 11.1. The Morgan fingerprint density at radius 3 is 2.54 bits per heavy atom. The van der Waals surface area contributed by atoms with Crippen LogP contribution < -0.4 is 10.6 Å². The standard InChI is InChI=1S/C16H22N4O2.2ClH/c1-17-8-9-18-16(21)15-10-14(22-19-15)12-20(2)11-13-6-4-3-5-7-13;;/h3-7,10,17H,8-9,11-12H2,1-2H3,(H,18,21);2*1H. The van der Waals surface area contributed by atoms with Gasteiger partial charge in [0.25, 0.3) is 5.91 Å². The van der Waals surface area contributed by atoms with Gasteiger partial charge in [-0.3, -0.25) is 9.69 Å². The molecule has 134 valence electrons. The highest BCUT2D eigenvalue weighted by atomic mass is 35.5. The van der Waals surface area contributed by atoms with Gasteiger partial charge in [-0.2, -0.15) is 0 Å². The minimum absolute atomic E-state index is 0. The number of benzene rings is 1. The molecule has 6 nitrogen and oxygen atoms in total. The number of nitrogens with one attached hydrogen (secondary N) is 2. The molecule has 0 aliphatic rings. The van der Waals surface area contributed by atoms with E-state index in [4.69, 9.17) is 4.52 Å². The van der Waals surface area contributed by atoms with Crippen LogP contribution in [-0.2, 0) is 13.1 Å². The molecule has 2 aromatic rings. The third-order valence-corrected chi connectivity index (χ3v) is 3.17. The van der Waals surface area contributed by atoms with Crippen LogP contribution in [0.2, 0.25) is 0 Å². The average Bonchev–Trinajstić information content (AvgIpc) is 2.97. The number of amides is 1. The largest absolute Gasteiger partial charge is 0.359 e. The fourth-order valence-corrected chi connectivity index (χ4v) is 2.10. The van der Waals surface area contributed by atoms with Gasteiger partial charge in [-0.05, 0) is 19.7 Å². The van der Waals surface area contributed by atoms with Gasteiger partial charge >= 0.3 is 0 Å². The third kappa shape index (κ3) is 7.31. The highest BCUT2D eigenvalue weighted by Crippen LogP contribution is 2.09. The van der Waals surface area contributed by atoms with Crippen LogP contribution in [0, 0.1) is 0 Å². The second-order valence-corrected chi connectivity index (χ2v) is 5.20. The lowest BCUT2D eigenvalue weighted by Crippen LogP contribution is -2.30. The molecule has 1 amide bonds. The molecule has 1 heterocycles. The van der Waals surface area contributed by atoms with E-state index in [-0.39, 0.29) is 30.7 Å². The smallest absolute Gasteiger partial charge is 0.273 e. The number of carbonyl (C=O) groups is 1. The van der Waals surface area contributed by atoms with E-state index in [1.165, 1.54) is 5.56 Å². The molecule has 0 unspecified atom stereocenters. The van der Waals surface area contributed by atoms with Gasteiger partial charge in [0.05, 0.1) is 6.54 Å². The second-order valence-electron chi connectivity index (χ2n) is 5.20. The summed E-state index contributed by atoms with van der Waals surface area (Å²) in [6.07, 6.45) is 0. The summed E-state index contributed by atoms with van der Waals surface area (Å²) < 4.78 is 5.23. The molecule has 0 spiro atoms. The summed E-state index contributed by atoms with van der Waals surface area (Å²) >= 11 is 0. The predicted molar refractivity (Wildman–Crippen MR) is 98.9 cm³/mol. The predicted octanol–water partition coefficient (Wildman–Crippen LogP) is 2.10. The highest BCUT2D eigenvalue weighted by Gasteiger charge is 2.13. The first kappa shape index (κ1) is 22.4. The molecule has 0 aliphatic heterocycles. The van der Waals surface area contributed by atoms with E-state index in [9.17, 15) is 4.79 Å². The number of hydrogen-bond acceptors (Lipinski definition) is 5. The molecule has 0 saturated heterocycles. The first-order chi connectivity index (χ1) is 10.7. The summed E-state index contributed by atoms with van der Waals surface area (Å²) in [5, 5.41) is 9.55. The van der Waals surface area contributed by atoms with Crippen molar-refractivity contribution < 1.29 is 9.32 Å². The van der Waals surface area contributed by atoms with E-state index >= 15 is 0 Å². The van der Waals surface area contributed by atoms with E-state index < -0.39 is 0 Å². The van der Waals surface area contributed by atoms with Gasteiger partial charge in [-0.15, -0.1) is 24.8 Å². The number of likely N-dealkylation sites (N-methyl/N-ethyl adjacent to an activating group) is 1. The molecule has 0 bridgehead atoms. The molecule has 0 saturated carbocycles. The molecule has 1 aromatic heterocycles. The number of halogens is 2. The van der Waals surface area contributed by atoms with Gasteiger partial charge in [0.15, 0.2) is 11.5 Å². The first-order valence-corrected chi connectivity index (χ1v) is 7.30. The summed E-state index contributed by atoms with van der Waals surface area (Å²) in [6.45, 7) is 2.69. The zero-order valence-electron chi connectivity index (χ0n) is 13.8. The first-order valence-electron chi connectivity index (χ1n) is 7.30. The molecule has 2 N–H and O–H groups in total. The Morgan fingerprint density at radius 1 is 1.17 bits per heavy atom. The quantitative estimate of drug-likeness (QED) is 0.692. The lowest BCUT2D eigenvalue weighted by molar-refractivity contribution is 0.0945. The molecule has 1 aromatic carbocycles. The van der Waals surface area contributed by atoms with Gasteiger partial charge in [0.1, 0.15) is 0 Å². The van der Waals surface area contributed by atoms with Crippen LogP contribution in [0.1, 0.15) is 21.8 Å². The molecule has 8 heteroatoms. The Balaban J connectivity index is 0.00000264. The fourth-order valence-electron chi connectivity index (χ4n) is 2.10. The van der Waals surface area contributed by atoms with E-state index in [0.717, 1.165) is 13.1 Å². The van der Waals surface area contributed by atoms with Crippen molar-refractivity contribution in [3.63, 3.8) is 0 Å². The maximum atomic E-state index is 11.8. The Hall–Kier alpha value is -1.60. The van der Waals surface area contributed by atoms with E-state index in [1.54, 1.807) is 6.07 Å². The molecule has 0 radical (unpaired) electrons. The Labute approximate surface area is 154 Å². The molecule has 0 fully saturated rings. The zero-order chi connectivity index (χ0) is 15.8. The number of carbonyl (C=O) groups excluding carboxylic acids is 1. The molecular formula is C16H24Cl2N4O2. The van der Waals surface area contributed by atoms with Crippen molar-refractivity contribution in [2.75, 3.05) is 27.2 Å². The maximum Gasteiger partial charge on any atom is 0.273 e. The summed E-state index contributed by atoms with van der Waals surface area (Å²) in [5.41, 5.74) is 1.55. The van der Waals surface area contributed by atoms with Crippen LogP contribution in [0.25, 0.3) is 0 Å². The van der Waals surface area contributed by atoms with E-state index in [2.05, 4.69) is 32.8 Å². The van der Waals surface area contributed by atoms with Crippen LogP contribution >= 0.6 is 24.8 Å². The van der Waals surface area contributed by atoms with E-state index in [0.29, 0.717) is 24.5 Å². The van der Waals surface area contributed by atoms with Crippen molar-refractivity contribution in [2.45, 2.75) is 13.1 Å². The molecule has 0 atom stereocenters. The molecule has 2 rings (SSSR count). The minimum Gasteiger partial charge on any atom is -0.359 e. The minimum atomic E-state index is -0.212. The van der Waals surface area contributed by atoms with Crippen LogP contribution in [-0.4, -0.2) is 43.1 Å². The number of aromatic nitrogens is 1. The van der Waals surface area contributed by atoms with Crippen molar-refractivity contribution >= 4 is 30.7 Å². The lowest BCUT2D eigenvalue weighted by Gasteiger charge is -2.14. The van der Waals surface area contributed by atoms with Crippen molar-refractivity contribution in [1.82, 2.24) is 20.7 Å². The van der Waals surface area contributed by atoms with Crippen LogP contribution in [0.15, 0.2) is 40.9 Å². The van der Waals surface area contributed by atoms with Gasteiger partial charge in [-0.1, -0.05) is 35.5 Å². The van der Waals surface area contributed by atoms with Crippen LogP contribution in [0.5, 0.6) is 0 Å². The van der Waals surface area contributed by atoms with Gasteiger partial charge in [0, 0.05) is 25.7 Å². The lowest BCUT2D eigenvalue weighted by atomic mass is 10.2. The topological polar surface area (TPSA) is 70.4 Å². The third-order valence-electron chi connectivity index (χ3n) is 3.17. The normalized spacial score (nSPS) is 9.96. The maximum absolute atomic E-state index is 11.8. The summed E-state index contributed by atoms with van der Waals surface area (Å²) in [7, 11) is 3.84. The second kappa shape index (κ2) is 11.9. The van der Waals surface area contributed by atoms with Crippen molar-refractivity contribution in [3.05, 3.63) is 53.4 Å². The summed E-state index contributed by atoms with van der Waals surface area (Å²) in [4.78, 5) is 13.9. The van der Waals surface area contributed by atoms with Crippen LogP contribution in [0.3, 0.4) is 0 Å². The van der Waals surface area contributed by atoms with E-state index in [1.807, 2.05) is 32.3 Å². The highest BCUT2D eigenvalue weighted by molar-refractivity contribution is 5.92. The number of rotatable bonds is 8. The van der Waals surface area contributed by atoms with Crippen molar-refractivity contribution in [2.24, 2.45) is 0 Å². The Morgan fingerprint density at radius 2 is 1.88 bits per heavy atom. The number of nitrogens with zero attached hydrogens (tertiary/aromatic N) is 2.